The van der Waals surface area contributed by atoms with Crippen LogP contribution in [0, 0.1) is 0 Å². The number of hydrogen-bond donors (Lipinski definition) is 1. The van der Waals surface area contributed by atoms with Gasteiger partial charge in [-0.15, -0.1) is 10.2 Å². The number of aryl methyl sites for hydroxylation is 1. The van der Waals surface area contributed by atoms with Gasteiger partial charge in [0.15, 0.2) is 0 Å². The lowest BCUT2D eigenvalue weighted by atomic mass is 9.98. The number of nitrogens with one attached hydrogen (secondary N) is 1. The average molecular weight is 446 g/mol. The maximum Gasteiger partial charge on any atom is 0.346 e. The lowest BCUT2D eigenvalue weighted by Crippen LogP contribution is -2.26. The molecule has 4 rings (SSSR count). The molecular weight excluding hydrogens is 414 g/mol. The zero-order chi connectivity index (χ0) is 23.2. The van der Waals surface area contributed by atoms with E-state index in [1.165, 1.54) is 0 Å². The first kappa shape index (κ1) is 22.6. The molecule has 1 unspecified atom stereocenters. The topological polar surface area (TPSA) is 94.3 Å². The highest BCUT2D eigenvalue weighted by atomic mass is 16.2. The van der Waals surface area contributed by atoms with Gasteiger partial charge in [-0.2, -0.15) is 10.3 Å². The molecule has 33 heavy (non-hydrogen) atoms. The number of unbranched alkanes of at least 4 members (excludes halogenated alkanes) is 2. The minimum absolute atomic E-state index is 0.0204. The van der Waals surface area contributed by atoms with Crippen molar-refractivity contribution in [3.05, 3.63) is 70.4 Å². The first-order valence-corrected chi connectivity index (χ1v) is 11.7. The van der Waals surface area contributed by atoms with Gasteiger partial charge < -0.3 is 0 Å². The molecule has 172 valence electrons. The molecule has 0 radical (unpaired) electrons. The standard InChI is InChI=1S/C25H31N7O/c1-4-6-9-16-32-25(33)31(24(28-32)18(3)5-2)17-19-12-14-20(15-13-19)21-10-7-8-11-22(21)23-26-29-30-27-23/h7-8,10-15,18H,4-6,9,16-17H2,1-3H3,(H,26,27,29,30). The lowest BCUT2D eigenvalue weighted by Gasteiger charge is -2.11. The molecule has 0 aliphatic carbocycles. The van der Waals surface area contributed by atoms with Crippen molar-refractivity contribution in [2.45, 2.75) is 65.5 Å². The van der Waals surface area contributed by atoms with Crippen molar-refractivity contribution in [2.24, 2.45) is 0 Å². The van der Waals surface area contributed by atoms with Gasteiger partial charge in [-0.1, -0.05) is 82.1 Å². The quantitative estimate of drug-likeness (QED) is 0.359. The van der Waals surface area contributed by atoms with Crippen molar-refractivity contribution in [3.63, 3.8) is 0 Å². The fourth-order valence-corrected chi connectivity index (χ4v) is 3.99. The second kappa shape index (κ2) is 10.4. The second-order valence-corrected chi connectivity index (χ2v) is 8.44. The molecule has 0 amide bonds. The van der Waals surface area contributed by atoms with Crippen LogP contribution in [0.15, 0.2) is 53.3 Å². The molecule has 2 aromatic heterocycles. The first-order valence-electron chi connectivity index (χ1n) is 11.7. The molecule has 1 atom stereocenters. The molecule has 0 spiro atoms. The highest BCUT2D eigenvalue weighted by Gasteiger charge is 2.18. The summed E-state index contributed by atoms with van der Waals surface area (Å²) in [6.45, 7) is 7.61. The average Bonchev–Trinajstić information content (AvgIpc) is 3.49. The van der Waals surface area contributed by atoms with E-state index in [2.05, 4.69) is 65.7 Å². The van der Waals surface area contributed by atoms with Crippen LogP contribution in [0.4, 0.5) is 0 Å². The molecule has 8 nitrogen and oxygen atoms in total. The van der Waals surface area contributed by atoms with Crippen LogP contribution in [0.3, 0.4) is 0 Å². The van der Waals surface area contributed by atoms with Crippen LogP contribution in [0.25, 0.3) is 22.5 Å². The SMILES string of the molecule is CCCCCn1nc(C(C)CC)n(Cc2ccc(-c3ccccc3-c3nn[nH]n3)cc2)c1=O. The Morgan fingerprint density at radius 1 is 1.00 bits per heavy atom. The van der Waals surface area contributed by atoms with E-state index in [-0.39, 0.29) is 11.6 Å². The summed E-state index contributed by atoms with van der Waals surface area (Å²) >= 11 is 0. The third kappa shape index (κ3) is 4.94. The maximum absolute atomic E-state index is 13.1. The van der Waals surface area contributed by atoms with Crippen molar-refractivity contribution in [2.75, 3.05) is 0 Å². The van der Waals surface area contributed by atoms with Gasteiger partial charge in [-0.3, -0.25) is 4.57 Å². The highest BCUT2D eigenvalue weighted by molar-refractivity contribution is 5.80. The van der Waals surface area contributed by atoms with Crippen LogP contribution in [0.2, 0.25) is 0 Å². The van der Waals surface area contributed by atoms with E-state index in [0.29, 0.717) is 18.9 Å². The number of rotatable bonds is 10. The Balaban J connectivity index is 1.61. The molecule has 2 heterocycles. The van der Waals surface area contributed by atoms with Gasteiger partial charge in [0.2, 0.25) is 5.82 Å². The molecule has 0 fully saturated rings. The van der Waals surface area contributed by atoms with Crippen molar-refractivity contribution >= 4 is 0 Å². The summed E-state index contributed by atoms with van der Waals surface area (Å²) in [4.78, 5) is 13.1. The largest absolute Gasteiger partial charge is 0.346 e. The number of tetrazole rings is 1. The number of hydrogen-bond acceptors (Lipinski definition) is 5. The van der Waals surface area contributed by atoms with Gasteiger partial charge in [-0.25, -0.2) is 9.48 Å². The fraction of sp³-hybridized carbons (Fsp3) is 0.400. The monoisotopic (exact) mass is 445 g/mol. The zero-order valence-electron chi connectivity index (χ0n) is 19.5. The van der Waals surface area contributed by atoms with Crippen LogP contribution in [-0.4, -0.2) is 35.0 Å². The number of aromatic amines is 1. The summed E-state index contributed by atoms with van der Waals surface area (Å²) in [5.74, 6) is 1.66. The minimum atomic E-state index is -0.0204. The third-order valence-corrected chi connectivity index (χ3v) is 6.10. The Labute approximate surface area is 193 Å². The summed E-state index contributed by atoms with van der Waals surface area (Å²) < 4.78 is 3.48. The van der Waals surface area contributed by atoms with Crippen LogP contribution in [0.1, 0.15) is 63.8 Å². The van der Waals surface area contributed by atoms with E-state index in [4.69, 9.17) is 5.10 Å². The number of H-pyrrole nitrogens is 1. The van der Waals surface area contributed by atoms with Gasteiger partial charge in [0, 0.05) is 18.0 Å². The lowest BCUT2D eigenvalue weighted by molar-refractivity contribution is 0.527. The van der Waals surface area contributed by atoms with Crippen LogP contribution >= 0.6 is 0 Å². The van der Waals surface area contributed by atoms with Gasteiger partial charge >= 0.3 is 5.69 Å². The molecule has 0 aliphatic rings. The Hall–Kier alpha value is -3.55. The second-order valence-electron chi connectivity index (χ2n) is 8.44. The number of nitrogens with zero attached hydrogens (tertiary/aromatic N) is 6. The molecule has 1 N–H and O–H groups in total. The molecule has 0 saturated carbocycles. The number of aromatic nitrogens is 7. The third-order valence-electron chi connectivity index (χ3n) is 6.10. The van der Waals surface area contributed by atoms with E-state index < -0.39 is 0 Å². The first-order chi connectivity index (χ1) is 16.1. The minimum Gasteiger partial charge on any atom is -0.274 e. The summed E-state index contributed by atoms with van der Waals surface area (Å²) in [6, 6.07) is 16.3. The van der Waals surface area contributed by atoms with Crippen LogP contribution in [0.5, 0.6) is 0 Å². The Bertz CT molecular complexity index is 1220. The maximum atomic E-state index is 13.1. The summed E-state index contributed by atoms with van der Waals surface area (Å²) in [6.07, 6.45) is 4.14. The Morgan fingerprint density at radius 3 is 2.42 bits per heavy atom. The predicted octanol–water partition coefficient (Wildman–Crippen LogP) is 4.64. The fourth-order valence-electron chi connectivity index (χ4n) is 3.99. The highest BCUT2D eigenvalue weighted by Crippen LogP contribution is 2.30. The van der Waals surface area contributed by atoms with Gasteiger partial charge in [0.05, 0.1) is 6.54 Å². The van der Waals surface area contributed by atoms with E-state index in [1.807, 2.05) is 28.8 Å². The van der Waals surface area contributed by atoms with Crippen LogP contribution < -0.4 is 5.69 Å². The zero-order valence-corrected chi connectivity index (χ0v) is 19.5. The molecule has 8 heteroatoms. The summed E-state index contributed by atoms with van der Waals surface area (Å²) in [5, 5.41) is 19.1. The summed E-state index contributed by atoms with van der Waals surface area (Å²) in [5.41, 5.74) is 4.06. The van der Waals surface area contributed by atoms with Crippen molar-refractivity contribution < 1.29 is 0 Å². The normalized spacial score (nSPS) is 12.2. The number of benzene rings is 2. The Morgan fingerprint density at radius 2 is 1.76 bits per heavy atom. The molecule has 0 saturated heterocycles. The van der Waals surface area contributed by atoms with Gasteiger partial charge in [-0.05, 0) is 34.7 Å². The molecule has 2 aromatic carbocycles. The van der Waals surface area contributed by atoms with Crippen LogP contribution in [-0.2, 0) is 13.1 Å². The predicted molar refractivity (Wildman–Crippen MR) is 129 cm³/mol. The van der Waals surface area contributed by atoms with Crippen molar-refractivity contribution in [1.82, 2.24) is 35.0 Å². The molecular formula is C25H31N7O. The van der Waals surface area contributed by atoms with Gasteiger partial charge in [0.1, 0.15) is 5.82 Å². The van der Waals surface area contributed by atoms with Crippen molar-refractivity contribution in [1.29, 1.82) is 0 Å². The van der Waals surface area contributed by atoms with Crippen molar-refractivity contribution in [3.8, 4) is 22.5 Å². The smallest absolute Gasteiger partial charge is 0.274 e. The molecule has 0 bridgehead atoms. The summed E-state index contributed by atoms with van der Waals surface area (Å²) in [7, 11) is 0. The Kier molecular flexibility index (Phi) is 7.12. The van der Waals surface area contributed by atoms with E-state index in [9.17, 15) is 4.79 Å². The molecule has 4 aromatic rings. The van der Waals surface area contributed by atoms with E-state index in [1.54, 1.807) is 4.68 Å². The van der Waals surface area contributed by atoms with Gasteiger partial charge in [0.25, 0.3) is 0 Å². The van der Waals surface area contributed by atoms with E-state index in [0.717, 1.165) is 53.8 Å². The molecule has 0 aliphatic heterocycles. The van der Waals surface area contributed by atoms with E-state index >= 15 is 0 Å².